The fourth-order valence-corrected chi connectivity index (χ4v) is 5.14. The van der Waals surface area contributed by atoms with Gasteiger partial charge in [-0.2, -0.15) is 18.3 Å². The van der Waals surface area contributed by atoms with Gasteiger partial charge in [-0.3, -0.25) is 14.4 Å². The van der Waals surface area contributed by atoms with Crippen molar-refractivity contribution in [2.24, 2.45) is 16.3 Å². The van der Waals surface area contributed by atoms with Crippen LogP contribution in [-0.2, 0) is 25.7 Å². The third kappa shape index (κ3) is 6.47. The van der Waals surface area contributed by atoms with Crippen molar-refractivity contribution in [1.82, 2.24) is 20.5 Å². The second-order valence-corrected chi connectivity index (χ2v) is 11.6. The molecule has 3 heterocycles. The molecule has 1 aromatic carbocycles. The topological polar surface area (TPSA) is 129 Å². The molecule has 0 bridgehead atoms. The highest BCUT2D eigenvalue weighted by molar-refractivity contribution is 6.30. The fourth-order valence-electron chi connectivity index (χ4n) is 5.01. The van der Waals surface area contributed by atoms with Crippen molar-refractivity contribution in [2.45, 2.75) is 63.6 Å². The number of carbonyl (C=O) groups is 3. The minimum Gasteiger partial charge on any atom is -0.383 e. The van der Waals surface area contributed by atoms with Crippen molar-refractivity contribution in [3.05, 3.63) is 59.3 Å². The molecular weight excluding hydrogens is 577 g/mol. The molecule has 3 aliphatic heterocycles. The third-order valence-corrected chi connectivity index (χ3v) is 7.77. The van der Waals surface area contributed by atoms with E-state index >= 15 is 0 Å². The Hall–Kier alpha value is -3.42. The fraction of sp³-hybridized carbons (Fsp3) is 0.500. The van der Waals surface area contributed by atoms with E-state index in [1.165, 1.54) is 18.7 Å². The quantitative estimate of drug-likeness (QED) is 0.394. The van der Waals surface area contributed by atoms with Gasteiger partial charge < -0.3 is 26.0 Å². The number of likely N-dealkylation sites (tertiary alicyclic amines) is 1. The highest BCUT2D eigenvalue weighted by atomic mass is 35.5. The highest BCUT2D eigenvalue weighted by Gasteiger charge is 2.61. The smallest absolute Gasteiger partial charge is 0.383 e. The van der Waals surface area contributed by atoms with Crippen LogP contribution in [0.15, 0.2) is 53.8 Å². The molecule has 0 aromatic heterocycles. The van der Waals surface area contributed by atoms with Gasteiger partial charge >= 0.3 is 6.18 Å². The van der Waals surface area contributed by atoms with Crippen molar-refractivity contribution in [2.75, 3.05) is 19.7 Å². The van der Waals surface area contributed by atoms with Gasteiger partial charge in [0.25, 0.3) is 5.91 Å². The van der Waals surface area contributed by atoms with Crippen LogP contribution in [0.1, 0.15) is 32.8 Å². The zero-order chi connectivity index (χ0) is 30.9. The van der Waals surface area contributed by atoms with Crippen molar-refractivity contribution in [3.8, 4) is 0 Å². The number of allylic oxidation sites excluding steroid dienone is 2. The number of hydrazone groups is 1. The van der Waals surface area contributed by atoms with Gasteiger partial charge in [0.1, 0.15) is 17.5 Å². The number of hydrogen-bond acceptors (Lipinski definition) is 7. The van der Waals surface area contributed by atoms with Gasteiger partial charge in [-0.05, 0) is 50.7 Å². The monoisotopic (exact) mass is 610 g/mol. The summed E-state index contributed by atoms with van der Waals surface area (Å²) in [6.45, 7) is 3.56. The van der Waals surface area contributed by atoms with Crippen LogP contribution in [0.4, 0.5) is 13.2 Å². The predicted octanol–water partition coefficient (Wildman–Crippen LogP) is 2.49. The molecule has 1 fully saturated rings. The molecule has 3 amide bonds. The molecule has 0 saturated carbocycles. The minimum absolute atomic E-state index is 0.0585. The first kappa shape index (κ1) is 31.5. The second kappa shape index (κ2) is 12.1. The zero-order valence-electron chi connectivity index (χ0n) is 23.5. The van der Waals surface area contributed by atoms with Gasteiger partial charge in [-0.15, -0.1) is 0 Å². The summed E-state index contributed by atoms with van der Waals surface area (Å²) in [7, 11) is 0. The molecule has 10 nitrogen and oxygen atoms in total. The molecule has 228 valence electrons. The Balaban J connectivity index is 1.60. The number of hydrogen-bond donors (Lipinski definition) is 3. The van der Waals surface area contributed by atoms with E-state index in [2.05, 4.69) is 15.7 Å². The zero-order valence-corrected chi connectivity index (χ0v) is 24.2. The number of piperidine rings is 1. The lowest BCUT2D eigenvalue weighted by molar-refractivity contribution is -0.187. The van der Waals surface area contributed by atoms with Crippen LogP contribution in [0.2, 0.25) is 5.02 Å². The van der Waals surface area contributed by atoms with E-state index < -0.39 is 53.0 Å². The van der Waals surface area contributed by atoms with E-state index in [1.807, 2.05) is 0 Å². The first-order valence-corrected chi connectivity index (χ1v) is 13.8. The Morgan fingerprint density at radius 1 is 1.26 bits per heavy atom. The normalized spacial score (nSPS) is 23.7. The first-order valence-electron chi connectivity index (χ1n) is 13.4. The number of alkyl halides is 3. The van der Waals surface area contributed by atoms with Crippen LogP contribution in [-0.4, -0.2) is 82.9 Å². The molecule has 0 spiro atoms. The first-order chi connectivity index (χ1) is 19.6. The number of nitrogens with zero attached hydrogens (tertiary/aromatic N) is 3. The van der Waals surface area contributed by atoms with Crippen LogP contribution >= 0.6 is 11.6 Å². The lowest BCUT2D eigenvalue weighted by Crippen LogP contribution is -2.65. The SMILES string of the molecule is C[C@@H](N1N=C2CCN(C(=O)C(COCc3ccc(Cl)cc3)NC(=O)C(C)(C)N)CC2([C@@H]2C=CC=CN2)C1=O)C(F)(F)F. The number of benzene rings is 1. The molecule has 0 radical (unpaired) electrons. The number of rotatable bonds is 9. The van der Waals surface area contributed by atoms with E-state index in [9.17, 15) is 27.6 Å². The summed E-state index contributed by atoms with van der Waals surface area (Å²) < 4.78 is 46.8. The largest absolute Gasteiger partial charge is 0.410 e. The summed E-state index contributed by atoms with van der Waals surface area (Å²) >= 11 is 5.93. The standard InChI is InChI=1S/C28H34ClF3N6O4/c1-17(28(30,31)32)38-25(41)27(21-6-4-5-12-34-21)16-37(13-11-22(27)36-38)23(39)20(35-24(40)26(2,3)33)15-42-14-18-7-9-19(29)10-8-18/h4-10,12,17,20-21,34H,11,13-16,33H2,1-3H3,(H,35,40)/t17-,20?,21+,27?/m1/s1. The van der Waals surface area contributed by atoms with Crippen LogP contribution < -0.4 is 16.4 Å². The van der Waals surface area contributed by atoms with Gasteiger partial charge in [0.05, 0.1) is 30.5 Å². The minimum atomic E-state index is -4.70. The summed E-state index contributed by atoms with van der Waals surface area (Å²) in [5, 5.41) is 10.8. The number of fused-ring (bicyclic) bond motifs is 1. The van der Waals surface area contributed by atoms with E-state index in [1.54, 1.807) is 48.7 Å². The molecule has 1 saturated heterocycles. The van der Waals surface area contributed by atoms with E-state index in [4.69, 9.17) is 22.1 Å². The maximum Gasteiger partial charge on any atom is 0.410 e. The molecular formula is C28H34ClF3N6O4. The van der Waals surface area contributed by atoms with E-state index in [0.29, 0.717) is 10.0 Å². The van der Waals surface area contributed by atoms with Gasteiger partial charge in [-0.25, -0.2) is 5.01 Å². The molecule has 42 heavy (non-hydrogen) atoms. The Bertz CT molecular complexity index is 1290. The lowest BCUT2D eigenvalue weighted by atomic mass is 9.71. The Labute approximate surface area is 246 Å². The maximum absolute atomic E-state index is 13.9. The summed E-state index contributed by atoms with van der Waals surface area (Å²) in [4.78, 5) is 41.9. The van der Waals surface area contributed by atoms with E-state index in [-0.39, 0.29) is 38.4 Å². The third-order valence-electron chi connectivity index (χ3n) is 7.52. The average molecular weight is 611 g/mol. The van der Waals surface area contributed by atoms with Crippen molar-refractivity contribution in [3.63, 3.8) is 0 Å². The highest BCUT2D eigenvalue weighted by Crippen LogP contribution is 2.42. The maximum atomic E-state index is 13.9. The number of nitrogens with one attached hydrogen (secondary N) is 2. The molecule has 4 N–H and O–H groups in total. The molecule has 4 rings (SSSR count). The molecule has 2 unspecified atom stereocenters. The molecule has 14 heteroatoms. The summed E-state index contributed by atoms with van der Waals surface area (Å²) in [5.74, 6) is -2.03. The van der Waals surface area contributed by atoms with Gasteiger partial charge in [0, 0.05) is 24.5 Å². The van der Waals surface area contributed by atoms with Gasteiger partial charge in [-0.1, -0.05) is 35.9 Å². The number of nitrogens with two attached hydrogens (primary N) is 1. The van der Waals surface area contributed by atoms with Crippen molar-refractivity contribution >= 4 is 35.0 Å². The molecule has 3 aliphatic rings. The van der Waals surface area contributed by atoms with Crippen LogP contribution in [0, 0.1) is 5.41 Å². The van der Waals surface area contributed by atoms with Crippen molar-refractivity contribution in [1.29, 1.82) is 0 Å². The lowest BCUT2D eigenvalue weighted by Gasteiger charge is -2.44. The summed E-state index contributed by atoms with van der Waals surface area (Å²) in [6, 6.07) is 2.80. The predicted molar refractivity (Wildman–Crippen MR) is 150 cm³/mol. The average Bonchev–Trinajstić information content (AvgIpc) is 3.24. The summed E-state index contributed by atoms with van der Waals surface area (Å²) in [5.41, 5.74) is 4.10. The van der Waals surface area contributed by atoms with Crippen LogP contribution in [0.3, 0.4) is 0 Å². The van der Waals surface area contributed by atoms with Gasteiger partial charge in [0.2, 0.25) is 11.8 Å². The number of carbonyl (C=O) groups excluding carboxylic acids is 3. The number of ether oxygens (including phenoxy) is 1. The summed E-state index contributed by atoms with van der Waals surface area (Å²) in [6.07, 6.45) is 1.96. The van der Waals surface area contributed by atoms with Crippen LogP contribution in [0.25, 0.3) is 0 Å². The van der Waals surface area contributed by atoms with Crippen molar-refractivity contribution < 1.29 is 32.3 Å². The van der Waals surface area contributed by atoms with E-state index in [0.717, 1.165) is 12.5 Å². The number of amides is 3. The van der Waals surface area contributed by atoms with Crippen LogP contribution in [0.5, 0.6) is 0 Å². The second-order valence-electron chi connectivity index (χ2n) is 11.2. The Kier molecular flexibility index (Phi) is 9.05. The number of dihydropyridines is 1. The number of halogens is 4. The Morgan fingerprint density at radius 3 is 2.55 bits per heavy atom. The molecule has 4 atom stereocenters. The van der Waals surface area contributed by atoms with Gasteiger partial charge in [0.15, 0.2) is 0 Å². The Morgan fingerprint density at radius 2 is 1.95 bits per heavy atom. The molecule has 0 aliphatic carbocycles. The molecule has 1 aromatic rings.